The Labute approximate surface area is 231 Å². The molecule has 0 saturated heterocycles. The average Bonchev–Trinajstić information content (AvgIpc) is 3.50. The number of aliphatic hydroxyl groups excluding tert-OH is 1. The molecule has 210 valence electrons. The molecule has 2 heterocycles. The summed E-state index contributed by atoms with van der Waals surface area (Å²) in [6.45, 7) is 3.28. The average molecular weight is 556 g/mol. The molecule has 0 spiro atoms. The summed E-state index contributed by atoms with van der Waals surface area (Å²) in [6.07, 6.45) is -2.90. The molecule has 0 radical (unpaired) electrons. The summed E-state index contributed by atoms with van der Waals surface area (Å²) >= 11 is 0. The number of carbonyl (C=O) groups is 1. The lowest BCUT2D eigenvalue weighted by Gasteiger charge is -2.38. The standard InChI is InChI=1S/C26H30B3F3N2O6/c1-22(2,12-35)20-8-13-7-16(15(30)10-17(13)34(20)11-24(27,37)25(28,29)38)33-21(36)23(5-6-23)14-3-4-18-19(9-14)40-26(31,32)39-18/h3-4,7-10,35,37-38H,5-6,11-12,27-29H2,1-2H3,(H,33,36). The number of aliphatic hydroxyl groups is 3. The van der Waals surface area contributed by atoms with E-state index in [1.54, 1.807) is 24.5 Å². The van der Waals surface area contributed by atoms with E-state index in [2.05, 4.69) is 14.8 Å². The highest BCUT2D eigenvalue weighted by atomic mass is 19.3. The molecule has 1 atom stereocenters. The number of rotatable bonds is 8. The summed E-state index contributed by atoms with van der Waals surface area (Å²) in [5, 5.41) is 33.4. The molecule has 1 fully saturated rings. The Morgan fingerprint density at radius 3 is 2.33 bits per heavy atom. The van der Waals surface area contributed by atoms with Crippen molar-refractivity contribution in [2.24, 2.45) is 0 Å². The van der Waals surface area contributed by atoms with Crippen LogP contribution in [0.25, 0.3) is 10.9 Å². The molecule has 1 aromatic heterocycles. The third-order valence-corrected chi connectivity index (χ3v) is 8.25. The maximum Gasteiger partial charge on any atom is 0.586 e. The van der Waals surface area contributed by atoms with E-state index in [0.717, 1.165) is 0 Å². The second-order valence-corrected chi connectivity index (χ2v) is 12.2. The van der Waals surface area contributed by atoms with E-state index in [-0.39, 0.29) is 30.3 Å². The Bertz CT molecular complexity index is 1520. The van der Waals surface area contributed by atoms with Crippen molar-refractivity contribution in [2.45, 2.75) is 61.3 Å². The van der Waals surface area contributed by atoms with Gasteiger partial charge in [-0.15, -0.1) is 8.78 Å². The highest BCUT2D eigenvalue weighted by Crippen LogP contribution is 2.52. The van der Waals surface area contributed by atoms with Gasteiger partial charge in [-0.05, 0) is 42.7 Å². The quantitative estimate of drug-likeness (QED) is 0.297. The van der Waals surface area contributed by atoms with Crippen molar-refractivity contribution >= 4 is 46.0 Å². The maximum atomic E-state index is 15.5. The van der Waals surface area contributed by atoms with Crippen LogP contribution >= 0.6 is 0 Å². The molecule has 40 heavy (non-hydrogen) atoms. The van der Waals surface area contributed by atoms with E-state index in [9.17, 15) is 28.9 Å². The monoisotopic (exact) mass is 556 g/mol. The Hall–Kier alpha value is -3.09. The van der Waals surface area contributed by atoms with Crippen LogP contribution in [0.5, 0.6) is 11.5 Å². The molecule has 1 aliphatic carbocycles. The van der Waals surface area contributed by atoms with Crippen LogP contribution in [0, 0.1) is 5.82 Å². The Morgan fingerprint density at radius 2 is 1.73 bits per heavy atom. The van der Waals surface area contributed by atoms with Crippen LogP contribution < -0.4 is 14.8 Å². The minimum atomic E-state index is -3.78. The van der Waals surface area contributed by atoms with Gasteiger partial charge in [-0.2, -0.15) is 0 Å². The number of anilines is 1. The predicted octanol–water partition coefficient (Wildman–Crippen LogP) is 0.276. The number of aromatic nitrogens is 1. The Morgan fingerprint density at radius 1 is 1.07 bits per heavy atom. The van der Waals surface area contributed by atoms with Crippen molar-refractivity contribution in [2.75, 3.05) is 11.9 Å². The van der Waals surface area contributed by atoms with Crippen LogP contribution in [0.4, 0.5) is 18.9 Å². The zero-order chi connectivity index (χ0) is 29.5. The van der Waals surface area contributed by atoms with Crippen molar-refractivity contribution in [3.63, 3.8) is 0 Å². The number of hydrogen-bond acceptors (Lipinski definition) is 6. The lowest BCUT2D eigenvalue weighted by atomic mass is 9.49. The first-order valence-corrected chi connectivity index (χ1v) is 13.0. The first kappa shape index (κ1) is 28.4. The smallest absolute Gasteiger partial charge is 0.406 e. The van der Waals surface area contributed by atoms with Gasteiger partial charge in [0.05, 0.1) is 28.7 Å². The Balaban J connectivity index is 1.49. The van der Waals surface area contributed by atoms with Gasteiger partial charge in [0.1, 0.15) is 29.4 Å². The van der Waals surface area contributed by atoms with Crippen LogP contribution in [0.15, 0.2) is 36.4 Å². The number of nitrogens with zero attached hydrogens (tertiary/aromatic N) is 1. The molecule has 1 amide bonds. The molecule has 14 heteroatoms. The first-order valence-electron chi connectivity index (χ1n) is 13.0. The van der Waals surface area contributed by atoms with Crippen molar-refractivity contribution in [1.82, 2.24) is 4.57 Å². The lowest BCUT2D eigenvalue weighted by molar-refractivity contribution is -0.286. The fourth-order valence-electron chi connectivity index (χ4n) is 4.95. The summed E-state index contributed by atoms with van der Waals surface area (Å²) in [4.78, 5) is 13.4. The molecule has 5 rings (SSSR count). The molecule has 1 saturated carbocycles. The topological polar surface area (TPSA) is 113 Å². The summed E-state index contributed by atoms with van der Waals surface area (Å²) in [7, 11) is 4.43. The minimum absolute atomic E-state index is 0.0733. The van der Waals surface area contributed by atoms with E-state index in [4.69, 9.17) is 0 Å². The molecule has 8 nitrogen and oxygen atoms in total. The fourth-order valence-corrected chi connectivity index (χ4v) is 4.95. The zero-order valence-corrected chi connectivity index (χ0v) is 22.9. The molecular formula is C26H30B3F3N2O6. The number of fused-ring (bicyclic) bond motifs is 2. The first-order chi connectivity index (χ1) is 18.4. The van der Waals surface area contributed by atoms with Gasteiger partial charge >= 0.3 is 6.29 Å². The summed E-state index contributed by atoms with van der Waals surface area (Å²) < 4.78 is 53.0. The van der Waals surface area contributed by atoms with Crippen LogP contribution in [0.2, 0.25) is 0 Å². The van der Waals surface area contributed by atoms with Crippen molar-refractivity contribution in [1.29, 1.82) is 0 Å². The van der Waals surface area contributed by atoms with Crippen LogP contribution in [-0.4, -0.2) is 73.1 Å². The second kappa shape index (κ2) is 8.96. The second-order valence-electron chi connectivity index (χ2n) is 12.2. The minimum Gasteiger partial charge on any atom is -0.406 e. The lowest BCUT2D eigenvalue weighted by Crippen LogP contribution is -2.58. The summed E-state index contributed by atoms with van der Waals surface area (Å²) in [5.74, 6) is -1.51. The largest absolute Gasteiger partial charge is 0.586 e. The number of alkyl halides is 2. The molecule has 2 aliphatic rings. The third-order valence-electron chi connectivity index (χ3n) is 8.25. The van der Waals surface area contributed by atoms with Gasteiger partial charge in [0.2, 0.25) is 5.91 Å². The molecule has 0 bridgehead atoms. The number of carbonyl (C=O) groups excluding carboxylic acids is 1. The van der Waals surface area contributed by atoms with E-state index < -0.39 is 39.7 Å². The molecule has 1 aliphatic heterocycles. The number of benzene rings is 2. The van der Waals surface area contributed by atoms with Crippen LogP contribution in [0.1, 0.15) is 37.9 Å². The van der Waals surface area contributed by atoms with Gasteiger partial charge in [0.25, 0.3) is 0 Å². The Kier molecular flexibility index (Phi) is 6.37. The normalized spacial score (nSPS) is 18.9. The van der Waals surface area contributed by atoms with Gasteiger partial charge in [0, 0.05) is 34.5 Å². The molecule has 1 unspecified atom stereocenters. The number of amides is 1. The maximum absolute atomic E-state index is 15.5. The van der Waals surface area contributed by atoms with Gasteiger partial charge < -0.3 is 34.7 Å². The van der Waals surface area contributed by atoms with Crippen molar-refractivity contribution < 1.29 is 42.8 Å². The van der Waals surface area contributed by atoms with Crippen molar-refractivity contribution in [3.05, 3.63) is 53.5 Å². The molecule has 3 aromatic rings. The number of halogens is 3. The zero-order valence-electron chi connectivity index (χ0n) is 22.9. The third kappa shape index (κ3) is 4.75. The fraction of sp³-hybridized carbons (Fsp3) is 0.423. The highest BCUT2D eigenvalue weighted by molar-refractivity contribution is 6.43. The van der Waals surface area contributed by atoms with E-state index in [0.29, 0.717) is 35.0 Å². The van der Waals surface area contributed by atoms with E-state index in [1.165, 1.54) is 53.9 Å². The van der Waals surface area contributed by atoms with Gasteiger partial charge in [-0.25, -0.2) is 4.39 Å². The molecule has 4 N–H and O–H groups in total. The van der Waals surface area contributed by atoms with Gasteiger partial charge in [0.15, 0.2) is 11.5 Å². The van der Waals surface area contributed by atoms with Crippen molar-refractivity contribution in [3.8, 4) is 11.5 Å². The SMILES string of the molecule is BC(B)(O)C(B)(O)Cn1c(C(C)(C)CO)cc2cc(NC(=O)C3(c4ccc5c(c4)OC(F)(F)O5)CC3)c(F)cc21. The molecule has 2 aromatic carbocycles. The predicted molar refractivity (Wildman–Crippen MR) is 150 cm³/mol. The number of ether oxygens (including phenoxy) is 2. The van der Waals surface area contributed by atoms with Crippen LogP contribution in [-0.2, 0) is 22.2 Å². The van der Waals surface area contributed by atoms with Gasteiger partial charge in [-0.3, -0.25) is 4.79 Å². The van der Waals surface area contributed by atoms with Crippen LogP contribution in [0.3, 0.4) is 0 Å². The molecular weight excluding hydrogens is 526 g/mol. The highest BCUT2D eigenvalue weighted by Gasteiger charge is 2.53. The number of nitrogens with one attached hydrogen (secondary N) is 1. The van der Waals surface area contributed by atoms with E-state index in [1.807, 2.05) is 0 Å². The van der Waals surface area contributed by atoms with Gasteiger partial charge in [-0.1, -0.05) is 19.9 Å². The van der Waals surface area contributed by atoms with E-state index >= 15 is 4.39 Å². The number of hydrogen-bond donors (Lipinski definition) is 4. The summed E-state index contributed by atoms with van der Waals surface area (Å²) in [6, 6.07) is 8.66. The summed E-state index contributed by atoms with van der Waals surface area (Å²) in [5.41, 5.74) is -2.01.